The van der Waals surface area contributed by atoms with Crippen molar-refractivity contribution < 1.29 is 4.74 Å². The largest absolute Gasteiger partial charge is 0.492 e. The number of fused-ring (bicyclic) bond motifs is 1. The lowest BCUT2D eigenvalue weighted by Crippen LogP contribution is -2.15. The molecule has 0 amide bonds. The first-order valence-electron chi connectivity index (χ1n) is 7.03. The zero-order valence-electron chi connectivity index (χ0n) is 11.5. The third kappa shape index (κ3) is 2.79. The van der Waals surface area contributed by atoms with E-state index in [4.69, 9.17) is 16.3 Å². The zero-order chi connectivity index (χ0) is 13.9. The minimum atomic E-state index is 0.402. The topological polar surface area (TPSA) is 21.3 Å². The number of thiophene rings is 1. The molecule has 1 aliphatic rings. The van der Waals surface area contributed by atoms with Crippen LogP contribution in [0.1, 0.15) is 36.2 Å². The van der Waals surface area contributed by atoms with Gasteiger partial charge in [0.1, 0.15) is 5.75 Å². The summed E-state index contributed by atoms with van der Waals surface area (Å²) in [5.74, 6) is 0.750. The Morgan fingerprint density at radius 1 is 1.40 bits per heavy atom. The van der Waals surface area contributed by atoms with Gasteiger partial charge in [-0.1, -0.05) is 11.6 Å². The molecule has 1 aliphatic carbocycles. The fraction of sp³-hybridized carbons (Fsp3) is 0.375. The predicted molar refractivity (Wildman–Crippen MR) is 86.2 cm³/mol. The smallest absolute Gasteiger partial charge is 0.138 e. The standard InChI is InChI=1S/C16H18ClNOS/c1-2-19-15-7-6-11(10-13(15)17)18-14-4-3-5-16-12(14)8-9-20-16/h6-10,14,18H,2-5H2,1H3. The summed E-state index contributed by atoms with van der Waals surface area (Å²) < 4.78 is 5.47. The molecule has 106 valence electrons. The molecule has 3 rings (SSSR count). The highest BCUT2D eigenvalue weighted by atomic mass is 35.5. The summed E-state index contributed by atoms with van der Waals surface area (Å²) in [6.07, 6.45) is 3.64. The molecule has 1 aromatic heterocycles. The zero-order valence-corrected chi connectivity index (χ0v) is 13.1. The first kappa shape index (κ1) is 13.8. The molecular formula is C16H18ClNOS. The van der Waals surface area contributed by atoms with Gasteiger partial charge in [-0.2, -0.15) is 0 Å². The molecule has 1 atom stereocenters. The molecule has 20 heavy (non-hydrogen) atoms. The quantitative estimate of drug-likeness (QED) is 0.828. The Morgan fingerprint density at radius 3 is 3.10 bits per heavy atom. The Hall–Kier alpha value is -1.19. The highest BCUT2D eigenvalue weighted by Gasteiger charge is 2.21. The van der Waals surface area contributed by atoms with Crippen LogP contribution in [0.4, 0.5) is 5.69 Å². The number of benzene rings is 1. The van der Waals surface area contributed by atoms with Crippen molar-refractivity contribution in [2.45, 2.75) is 32.2 Å². The first-order chi connectivity index (χ1) is 9.78. The van der Waals surface area contributed by atoms with E-state index in [9.17, 15) is 0 Å². The number of hydrogen-bond acceptors (Lipinski definition) is 3. The Morgan fingerprint density at radius 2 is 2.30 bits per heavy atom. The van der Waals surface area contributed by atoms with Crippen LogP contribution >= 0.6 is 22.9 Å². The minimum absolute atomic E-state index is 0.402. The summed E-state index contributed by atoms with van der Waals surface area (Å²) in [6.45, 7) is 2.59. The summed E-state index contributed by atoms with van der Waals surface area (Å²) in [6, 6.07) is 8.57. The van der Waals surface area contributed by atoms with Crippen LogP contribution in [0.15, 0.2) is 29.6 Å². The van der Waals surface area contributed by atoms with Gasteiger partial charge in [-0.15, -0.1) is 11.3 Å². The number of nitrogens with one attached hydrogen (secondary N) is 1. The Labute approximate surface area is 128 Å². The molecule has 4 heteroatoms. The average Bonchev–Trinajstić information content (AvgIpc) is 2.91. The maximum Gasteiger partial charge on any atom is 0.138 e. The summed E-state index contributed by atoms with van der Waals surface area (Å²) >= 11 is 8.11. The minimum Gasteiger partial charge on any atom is -0.492 e. The third-order valence-corrected chi connectivity index (χ3v) is 4.92. The van der Waals surface area contributed by atoms with Crippen LogP contribution < -0.4 is 10.1 Å². The molecule has 0 spiro atoms. The molecule has 2 aromatic rings. The highest BCUT2D eigenvalue weighted by Crippen LogP contribution is 2.36. The fourth-order valence-electron chi connectivity index (χ4n) is 2.70. The second kappa shape index (κ2) is 6.06. The Bertz CT molecular complexity index is 596. The number of aryl methyl sites for hydroxylation is 1. The van der Waals surface area contributed by atoms with Crippen molar-refractivity contribution in [1.82, 2.24) is 0 Å². The van der Waals surface area contributed by atoms with Crippen molar-refractivity contribution >= 4 is 28.6 Å². The maximum atomic E-state index is 6.24. The van der Waals surface area contributed by atoms with Gasteiger partial charge in [-0.3, -0.25) is 0 Å². The first-order valence-corrected chi connectivity index (χ1v) is 8.29. The van der Waals surface area contributed by atoms with Gasteiger partial charge in [0.25, 0.3) is 0 Å². The lowest BCUT2D eigenvalue weighted by Gasteiger charge is -2.25. The van der Waals surface area contributed by atoms with Gasteiger partial charge in [0.05, 0.1) is 17.7 Å². The van der Waals surface area contributed by atoms with Gasteiger partial charge in [0.2, 0.25) is 0 Å². The van der Waals surface area contributed by atoms with E-state index in [0.717, 1.165) is 11.4 Å². The van der Waals surface area contributed by atoms with Crippen molar-refractivity contribution in [1.29, 1.82) is 0 Å². The van der Waals surface area contributed by atoms with E-state index in [2.05, 4.69) is 16.8 Å². The van der Waals surface area contributed by atoms with Crippen molar-refractivity contribution in [3.8, 4) is 5.75 Å². The molecule has 1 aromatic carbocycles. The van der Waals surface area contributed by atoms with E-state index < -0.39 is 0 Å². The second-order valence-corrected chi connectivity index (χ2v) is 6.37. The molecule has 0 saturated heterocycles. The molecule has 0 saturated carbocycles. The number of halogens is 1. The lowest BCUT2D eigenvalue weighted by molar-refractivity contribution is 0.340. The SMILES string of the molecule is CCOc1ccc(NC2CCCc3sccc32)cc1Cl. The van der Waals surface area contributed by atoms with E-state index in [-0.39, 0.29) is 0 Å². The number of hydrogen-bond donors (Lipinski definition) is 1. The van der Waals surface area contributed by atoms with Gasteiger partial charge in [0.15, 0.2) is 0 Å². The number of rotatable bonds is 4. The van der Waals surface area contributed by atoms with Crippen LogP contribution in [-0.4, -0.2) is 6.61 Å². The average molecular weight is 308 g/mol. The van der Waals surface area contributed by atoms with Gasteiger partial charge >= 0.3 is 0 Å². The van der Waals surface area contributed by atoms with Crippen molar-refractivity contribution in [2.24, 2.45) is 0 Å². The van der Waals surface area contributed by atoms with Gasteiger partial charge in [0, 0.05) is 10.6 Å². The highest BCUT2D eigenvalue weighted by molar-refractivity contribution is 7.10. The molecule has 0 radical (unpaired) electrons. The molecule has 0 bridgehead atoms. The molecule has 0 aliphatic heterocycles. The Kier molecular flexibility index (Phi) is 4.18. The van der Waals surface area contributed by atoms with Gasteiger partial charge < -0.3 is 10.1 Å². The normalized spacial score (nSPS) is 17.6. The van der Waals surface area contributed by atoms with Crippen molar-refractivity contribution in [3.63, 3.8) is 0 Å². The molecule has 0 fully saturated rings. The molecule has 1 N–H and O–H groups in total. The molecule has 1 heterocycles. The van der Waals surface area contributed by atoms with Crippen LogP contribution in [-0.2, 0) is 6.42 Å². The van der Waals surface area contributed by atoms with Crippen LogP contribution in [0, 0.1) is 0 Å². The van der Waals surface area contributed by atoms with E-state index >= 15 is 0 Å². The summed E-state index contributed by atoms with van der Waals surface area (Å²) in [5.41, 5.74) is 2.51. The summed E-state index contributed by atoms with van der Waals surface area (Å²) in [7, 11) is 0. The van der Waals surface area contributed by atoms with Crippen molar-refractivity contribution in [3.05, 3.63) is 45.1 Å². The monoisotopic (exact) mass is 307 g/mol. The third-order valence-electron chi connectivity index (χ3n) is 3.62. The van der Waals surface area contributed by atoms with E-state index in [1.165, 1.54) is 29.7 Å². The Balaban J connectivity index is 1.78. The lowest BCUT2D eigenvalue weighted by atomic mass is 9.94. The van der Waals surface area contributed by atoms with E-state index in [0.29, 0.717) is 17.7 Å². The molecule has 2 nitrogen and oxygen atoms in total. The van der Waals surface area contributed by atoms with E-state index in [1.807, 2.05) is 36.5 Å². The number of anilines is 1. The van der Waals surface area contributed by atoms with Crippen molar-refractivity contribution in [2.75, 3.05) is 11.9 Å². The van der Waals surface area contributed by atoms with Crippen LogP contribution in [0.3, 0.4) is 0 Å². The summed E-state index contributed by atoms with van der Waals surface area (Å²) in [4.78, 5) is 1.52. The maximum absolute atomic E-state index is 6.24. The van der Waals surface area contributed by atoms with Crippen LogP contribution in [0.2, 0.25) is 5.02 Å². The van der Waals surface area contributed by atoms with Crippen LogP contribution in [0.5, 0.6) is 5.75 Å². The fourth-order valence-corrected chi connectivity index (χ4v) is 3.92. The van der Waals surface area contributed by atoms with E-state index in [1.54, 1.807) is 0 Å². The summed E-state index contributed by atoms with van der Waals surface area (Å²) in [5, 5.41) is 6.46. The van der Waals surface area contributed by atoms with Gasteiger partial charge in [-0.25, -0.2) is 0 Å². The predicted octanol–water partition coefficient (Wildman–Crippen LogP) is 5.29. The van der Waals surface area contributed by atoms with Gasteiger partial charge in [-0.05, 0) is 61.4 Å². The second-order valence-electron chi connectivity index (χ2n) is 4.97. The number of ether oxygens (including phenoxy) is 1. The van der Waals surface area contributed by atoms with Crippen LogP contribution in [0.25, 0.3) is 0 Å². The molecular weight excluding hydrogens is 290 g/mol. The molecule has 1 unspecified atom stereocenters.